The average molecular weight is 559 g/mol. The van der Waals surface area contributed by atoms with E-state index in [4.69, 9.17) is 16.6 Å². The van der Waals surface area contributed by atoms with E-state index in [1.54, 1.807) is 0 Å². The molecule has 4 aromatic carbocycles. The van der Waals surface area contributed by atoms with Crippen LogP contribution in [-0.4, -0.2) is 24.0 Å². The zero-order valence-corrected chi connectivity index (χ0v) is 23.6. The molecule has 0 radical (unpaired) electrons. The summed E-state index contributed by atoms with van der Waals surface area (Å²) in [4.78, 5) is 20.4. The molecule has 2 heterocycles. The Morgan fingerprint density at radius 2 is 1.59 bits per heavy atom. The Morgan fingerprint density at radius 3 is 2.27 bits per heavy atom. The smallest absolute Gasteiger partial charge is 0.252 e. The van der Waals surface area contributed by atoms with Gasteiger partial charge in [-0.15, -0.1) is 0 Å². The van der Waals surface area contributed by atoms with Crippen molar-refractivity contribution >= 4 is 29.0 Å². The van der Waals surface area contributed by atoms with Gasteiger partial charge in [0.05, 0.1) is 11.7 Å². The van der Waals surface area contributed by atoms with Crippen molar-refractivity contribution in [1.82, 2.24) is 10.3 Å². The number of aromatic nitrogens is 1. The van der Waals surface area contributed by atoms with Gasteiger partial charge < -0.3 is 15.5 Å². The highest BCUT2D eigenvalue weighted by Gasteiger charge is 2.21. The molecule has 1 amide bonds. The molecule has 0 bridgehead atoms. The normalized spacial score (nSPS) is 12.5. The van der Waals surface area contributed by atoms with Crippen molar-refractivity contribution in [3.8, 4) is 11.1 Å². The van der Waals surface area contributed by atoms with Gasteiger partial charge in [-0.2, -0.15) is 0 Å². The van der Waals surface area contributed by atoms with E-state index in [9.17, 15) is 4.79 Å². The summed E-state index contributed by atoms with van der Waals surface area (Å²) in [6, 6.07) is 35.8. The number of hydrogen-bond acceptors (Lipinski definition) is 4. The lowest BCUT2D eigenvalue weighted by Gasteiger charge is -2.32. The first-order chi connectivity index (χ1) is 20.0. The minimum Gasteiger partial charge on any atom is -0.367 e. The molecule has 0 saturated carbocycles. The van der Waals surface area contributed by atoms with Crippen LogP contribution < -0.4 is 15.5 Å². The summed E-state index contributed by atoms with van der Waals surface area (Å²) in [7, 11) is 0. The largest absolute Gasteiger partial charge is 0.367 e. The molecule has 1 aliphatic heterocycles. The zero-order valence-electron chi connectivity index (χ0n) is 22.8. The third kappa shape index (κ3) is 5.96. The Balaban J connectivity index is 1.22. The minimum absolute atomic E-state index is 0.120. The fourth-order valence-corrected chi connectivity index (χ4v) is 5.47. The zero-order chi connectivity index (χ0) is 28.2. The van der Waals surface area contributed by atoms with Crippen molar-refractivity contribution in [2.24, 2.45) is 0 Å². The Bertz CT molecular complexity index is 1620. The Morgan fingerprint density at radius 1 is 0.902 bits per heavy atom. The van der Waals surface area contributed by atoms with Crippen LogP contribution in [0.15, 0.2) is 115 Å². The van der Waals surface area contributed by atoms with Crippen molar-refractivity contribution in [3.63, 3.8) is 0 Å². The van der Waals surface area contributed by atoms with Gasteiger partial charge in [-0.3, -0.25) is 4.79 Å². The number of carbonyl (C=O) groups excluding carboxylic acids is 1. The highest BCUT2D eigenvalue weighted by atomic mass is 35.5. The molecule has 6 heteroatoms. The third-order valence-electron chi connectivity index (χ3n) is 7.58. The van der Waals surface area contributed by atoms with Crippen molar-refractivity contribution < 1.29 is 4.79 Å². The van der Waals surface area contributed by atoms with Crippen LogP contribution in [0, 0.1) is 6.92 Å². The quantitative estimate of drug-likeness (QED) is 0.215. The molecule has 0 atom stereocenters. The maximum Gasteiger partial charge on any atom is 0.252 e. The van der Waals surface area contributed by atoms with Crippen LogP contribution in [0.25, 0.3) is 11.1 Å². The van der Waals surface area contributed by atoms with Crippen molar-refractivity contribution in [2.45, 2.75) is 19.5 Å². The van der Waals surface area contributed by atoms with E-state index in [-0.39, 0.29) is 11.9 Å². The average Bonchev–Trinajstić information content (AvgIpc) is 3.02. The summed E-state index contributed by atoms with van der Waals surface area (Å²) in [6.07, 6.45) is 1.88. The molecule has 6 rings (SSSR count). The standard InChI is InChI=1S/C35H31ClN4O/c1-24-12-17-31(36)20-30(24)23-40-19-18-37-34-32(40)21-29(22-38-34)25-13-15-28(16-14-25)35(41)39-33(26-8-4-2-5-9-26)27-10-6-3-7-11-27/h2-17,20-22,33H,18-19,23H2,1H3,(H,37,38)(H,39,41). The van der Waals surface area contributed by atoms with Crippen LogP contribution in [-0.2, 0) is 6.54 Å². The van der Waals surface area contributed by atoms with Gasteiger partial charge in [-0.05, 0) is 65.1 Å². The van der Waals surface area contributed by atoms with Gasteiger partial charge in [0.25, 0.3) is 5.91 Å². The lowest BCUT2D eigenvalue weighted by atomic mass is 9.98. The Kier molecular flexibility index (Phi) is 7.70. The number of halogens is 1. The summed E-state index contributed by atoms with van der Waals surface area (Å²) >= 11 is 6.29. The lowest BCUT2D eigenvalue weighted by Crippen LogP contribution is -2.34. The maximum atomic E-state index is 13.4. The number of amides is 1. The fourth-order valence-electron chi connectivity index (χ4n) is 5.28. The summed E-state index contributed by atoms with van der Waals surface area (Å²) < 4.78 is 0. The number of anilines is 2. The third-order valence-corrected chi connectivity index (χ3v) is 7.81. The van der Waals surface area contributed by atoms with Crippen LogP contribution in [0.1, 0.15) is 38.7 Å². The summed E-state index contributed by atoms with van der Waals surface area (Å²) in [5.41, 5.74) is 8.16. The number of nitrogens with one attached hydrogen (secondary N) is 2. The molecule has 0 fully saturated rings. The molecular formula is C35H31ClN4O. The maximum absolute atomic E-state index is 13.4. The highest BCUT2D eigenvalue weighted by molar-refractivity contribution is 6.30. The van der Waals surface area contributed by atoms with Gasteiger partial charge in [-0.25, -0.2) is 4.98 Å². The number of hydrogen-bond donors (Lipinski definition) is 2. The van der Waals surface area contributed by atoms with Gasteiger partial charge in [0.1, 0.15) is 5.82 Å². The number of carbonyl (C=O) groups is 1. The monoisotopic (exact) mass is 558 g/mol. The molecule has 1 aliphatic rings. The van der Waals surface area contributed by atoms with Crippen LogP contribution in [0.3, 0.4) is 0 Å². The van der Waals surface area contributed by atoms with Gasteiger partial charge in [-0.1, -0.05) is 90.5 Å². The molecule has 1 aromatic heterocycles. The first-order valence-electron chi connectivity index (χ1n) is 13.8. The first kappa shape index (κ1) is 26.6. The van der Waals surface area contributed by atoms with Gasteiger partial charge in [0.15, 0.2) is 0 Å². The van der Waals surface area contributed by atoms with E-state index >= 15 is 0 Å². The first-order valence-corrected chi connectivity index (χ1v) is 14.2. The number of benzene rings is 4. The topological polar surface area (TPSA) is 57.3 Å². The van der Waals surface area contributed by atoms with Crippen molar-refractivity contribution in [1.29, 1.82) is 0 Å². The molecular weight excluding hydrogens is 528 g/mol. The molecule has 0 aliphatic carbocycles. The molecule has 2 N–H and O–H groups in total. The molecule has 0 spiro atoms. The second-order valence-electron chi connectivity index (χ2n) is 10.3. The SMILES string of the molecule is Cc1ccc(Cl)cc1CN1CCNc2ncc(-c3ccc(C(=O)NC(c4ccccc4)c4ccccc4)cc3)cc21. The number of rotatable bonds is 7. The van der Waals surface area contributed by atoms with Gasteiger partial charge in [0.2, 0.25) is 0 Å². The van der Waals surface area contributed by atoms with E-state index < -0.39 is 0 Å². The second-order valence-corrected chi connectivity index (χ2v) is 10.8. The van der Waals surface area contributed by atoms with E-state index in [1.165, 1.54) is 11.1 Å². The predicted octanol–water partition coefficient (Wildman–Crippen LogP) is 7.66. The lowest BCUT2D eigenvalue weighted by molar-refractivity contribution is 0.0943. The Labute approximate surface area is 245 Å². The molecule has 0 unspecified atom stereocenters. The van der Waals surface area contributed by atoms with Crippen LogP contribution in [0.4, 0.5) is 11.5 Å². The predicted molar refractivity (Wildman–Crippen MR) is 168 cm³/mol. The molecule has 5 aromatic rings. The van der Waals surface area contributed by atoms with E-state index in [1.807, 2.05) is 103 Å². The van der Waals surface area contributed by atoms with Gasteiger partial charge in [0, 0.05) is 42.0 Å². The number of fused-ring (bicyclic) bond motifs is 1. The van der Waals surface area contributed by atoms with Gasteiger partial charge >= 0.3 is 0 Å². The molecule has 0 saturated heterocycles. The number of pyridine rings is 1. The van der Waals surface area contributed by atoms with Crippen LogP contribution >= 0.6 is 11.6 Å². The van der Waals surface area contributed by atoms with E-state index in [0.29, 0.717) is 5.56 Å². The van der Waals surface area contributed by atoms with E-state index in [0.717, 1.165) is 58.4 Å². The number of nitrogens with zero attached hydrogens (tertiary/aromatic N) is 2. The van der Waals surface area contributed by atoms with Crippen molar-refractivity contribution in [3.05, 3.63) is 148 Å². The van der Waals surface area contributed by atoms with E-state index in [2.05, 4.69) is 34.6 Å². The Hall–Kier alpha value is -4.61. The molecule has 5 nitrogen and oxygen atoms in total. The molecule has 204 valence electrons. The van der Waals surface area contributed by atoms with Crippen LogP contribution in [0.5, 0.6) is 0 Å². The summed E-state index contributed by atoms with van der Waals surface area (Å²) in [6.45, 7) is 4.57. The minimum atomic E-state index is -0.240. The van der Waals surface area contributed by atoms with Crippen molar-refractivity contribution in [2.75, 3.05) is 23.3 Å². The highest BCUT2D eigenvalue weighted by Crippen LogP contribution is 2.33. The molecule has 41 heavy (non-hydrogen) atoms. The summed E-state index contributed by atoms with van der Waals surface area (Å²) in [5.74, 6) is 0.758. The second kappa shape index (κ2) is 11.9. The van der Waals surface area contributed by atoms with Crippen LogP contribution in [0.2, 0.25) is 5.02 Å². The summed E-state index contributed by atoms with van der Waals surface area (Å²) in [5, 5.41) is 7.39. The number of aryl methyl sites for hydroxylation is 1. The fraction of sp³-hybridized carbons (Fsp3) is 0.143.